The Labute approximate surface area is 130 Å². The molecule has 1 heterocycles. The molecule has 22 heavy (non-hydrogen) atoms. The average Bonchev–Trinajstić information content (AvgIpc) is 2.88. The molecule has 0 saturated carbocycles. The van der Waals surface area contributed by atoms with Crippen molar-refractivity contribution in [1.29, 1.82) is 0 Å². The number of carbonyl (C=O) groups is 1. The van der Waals surface area contributed by atoms with E-state index >= 15 is 0 Å². The summed E-state index contributed by atoms with van der Waals surface area (Å²) in [4.78, 5) is 15.8. The molecule has 1 aliphatic rings. The zero-order valence-corrected chi connectivity index (χ0v) is 13.0. The number of halogens is 1. The standard InChI is InChI=1S/C16H23FN2O3/c1-3-19(14-10-22-11-15(14)20)16(21)9-18(2)8-12-6-4-5-7-13(12)17/h4-7,14-15,20H,3,8-11H2,1-2H3/t14-,15-/m1/s1. The molecule has 1 aliphatic heterocycles. The molecule has 122 valence electrons. The largest absolute Gasteiger partial charge is 0.388 e. The molecule has 1 amide bonds. The van der Waals surface area contributed by atoms with Gasteiger partial charge in [-0.25, -0.2) is 4.39 Å². The molecule has 0 radical (unpaired) electrons. The van der Waals surface area contributed by atoms with Crippen LogP contribution in [0.3, 0.4) is 0 Å². The van der Waals surface area contributed by atoms with E-state index in [0.717, 1.165) is 0 Å². The molecule has 0 spiro atoms. The Bertz CT molecular complexity index is 512. The first-order valence-electron chi connectivity index (χ1n) is 7.50. The van der Waals surface area contributed by atoms with Crippen LogP contribution in [0.1, 0.15) is 12.5 Å². The number of carbonyl (C=O) groups excluding carboxylic acids is 1. The number of hydrogen-bond acceptors (Lipinski definition) is 4. The van der Waals surface area contributed by atoms with Gasteiger partial charge in [0.25, 0.3) is 0 Å². The van der Waals surface area contributed by atoms with Crippen molar-refractivity contribution in [2.45, 2.75) is 25.6 Å². The van der Waals surface area contributed by atoms with Gasteiger partial charge in [0, 0.05) is 18.7 Å². The lowest BCUT2D eigenvalue weighted by Crippen LogP contribution is -2.49. The van der Waals surface area contributed by atoms with E-state index in [2.05, 4.69) is 0 Å². The lowest BCUT2D eigenvalue weighted by atomic mass is 10.1. The van der Waals surface area contributed by atoms with E-state index in [-0.39, 0.29) is 30.9 Å². The fourth-order valence-corrected chi connectivity index (χ4v) is 2.72. The third-order valence-electron chi connectivity index (χ3n) is 3.89. The van der Waals surface area contributed by atoms with Crippen LogP contribution in [0.15, 0.2) is 24.3 Å². The quantitative estimate of drug-likeness (QED) is 0.847. The van der Waals surface area contributed by atoms with Crippen LogP contribution in [0.4, 0.5) is 4.39 Å². The summed E-state index contributed by atoms with van der Waals surface area (Å²) in [5.41, 5.74) is 0.560. The summed E-state index contributed by atoms with van der Waals surface area (Å²) in [5, 5.41) is 9.86. The van der Waals surface area contributed by atoms with Crippen LogP contribution in [0.2, 0.25) is 0 Å². The molecule has 2 atom stereocenters. The minimum atomic E-state index is -0.638. The maximum Gasteiger partial charge on any atom is 0.237 e. The van der Waals surface area contributed by atoms with Crippen LogP contribution in [0.25, 0.3) is 0 Å². The fourth-order valence-electron chi connectivity index (χ4n) is 2.72. The van der Waals surface area contributed by atoms with E-state index in [9.17, 15) is 14.3 Å². The van der Waals surface area contributed by atoms with Crippen LogP contribution in [0, 0.1) is 5.82 Å². The second-order valence-corrected chi connectivity index (χ2v) is 5.62. The van der Waals surface area contributed by atoms with Gasteiger partial charge >= 0.3 is 0 Å². The Morgan fingerprint density at radius 1 is 1.41 bits per heavy atom. The molecule has 6 heteroatoms. The zero-order chi connectivity index (χ0) is 16.1. The highest BCUT2D eigenvalue weighted by molar-refractivity contribution is 5.78. The van der Waals surface area contributed by atoms with Gasteiger partial charge in [-0.15, -0.1) is 0 Å². The van der Waals surface area contributed by atoms with E-state index in [4.69, 9.17) is 4.74 Å². The van der Waals surface area contributed by atoms with E-state index in [1.807, 2.05) is 6.92 Å². The smallest absolute Gasteiger partial charge is 0.237 e. The Kier molecular flexibility index (Phi) is 5.88. The second kappa shape index (κ2) is 7.67. The molecule has 1 saturated heterocycles. The molecule has 0 aliphatic carbocycles. The third-order valence-corrected chi connectivity index (χ3v) is 3.89. The molecule has 1 aromatic carbocycles. The Balaban J connectivity index is 1.93. The molecule has 2 rings (SSSR count). The molecule has 0 aromatic heterocycles. The van der Waals surface area contributed by atoms with Crippen LogP contribution in [-0.4, -0.2) is 66.3 Å². The number of aliphatic hydroxyl groups is 1. The number of benzene rings is 1. The van der Waals surface area contributed by atoms with E-state index < -0.39 is 6.10 Å². The Morgan fingerprint density at radius 3 is 2.73 bits per heavy atom. The molecular formula is C16H23FN2O3. The minimum Gasteiger partial charge on any atom is -0.388 e. The SMILES string of the molecule is CCN(C(=O)CN(C)Cc1ccccc1F)[C@@H]1COC[C@H]1O. The molecule has 0 unspecified atom stereocenters. The van der Waals surface area contributed by atoms with Gasteiger partial charge in [0.1, 0.15) is 5.82 Å². The normalized spacial score (nSPS) is 21.3. The van der Waals surface area contributed by atoms with Crippen molar-refractivity contribution in [2.75, 3.05) is 33.4 Å². The molecular weight excluding hydrogens is 287 g/mol. The highest BCUT2D eigenvalue weighted by atomic mass is 19.1. The topological polar surface area (TPSA) is 53.0 Å². The van der Waals surface area contributed by atoms with E-state index in [0.29, 0.717) is 25.3 Å². The molecule has 0 bridgehead atoms. The Hall–Kier alpha value is -1.50. The van der Waals surface area contributed by atoms with Gasteiger partial charge in [-0.3, -0.25) is 9.69 Å². The van der Waals surface area contributed by atoms with Crippen molar-refractivity contribution in [3.63, 3.8) is 0 Å². The number of nitrogens with zero attached hydrogens (tertiary/aromatic N) is 2. The van der Waals surface area contributed by atoms with E-state index in [1.54, 1.807) is 35.0 Å². The average molecular weight is 310 g/mol. The van der Waals surface area contributed by atoms with Gasteiger partial charge in [-0.1, -0.05) is 18.2 Å². The summed E-state index contributed by atoms with van der Waals surface area (Å²) in [7, 11) is 1.78. The first-order chi connectivity index (χ1) is 10.5. The fraction of sp³-hybridized carbons (Fsp3) is 0.562. The van der Waals surface area contributed by atoms with Crippen LogP contribution in [-0.2, 0) is 16.1 Å². The van der Waals surface area contributed by atoms with E-state index in [1.165, 1.54) is 6.07 Å². The van der Waals surface area contributed by atoms with Gasteiger partial charge in [-0.2, -0.15) is 0 Å². The molecule has 5 nitrogen and oxygen atoms in total. The van der Waals surface area contributed by atoms with Crippen molar-refractivity contribution in [3.05, 3.63) is 35.6 Å². The maximum absolute atomic E-state index is 13.6. The first-order valence-corrected chi connectivity index (χ1v) is 7.50. The van der Waals surface area contributed by atoms with Crippen molar-refractivity contribution < 1.29 is 19.0 Å². The molecule has 1 aromatic rings. The van der Waals surface area contributed by atoms with Crippen molar-refractivity contribution in [1.82, 2.24) is 9.80 Å². The summed E-state index contributed by atoms with van der Waals surface area (Å²) in [6, 6.07) is 6.25. The van der Waals surface area contributed by atoms with Gasteiger partial charge in [-0.05, 0) is 20.0 Å². The lowest BCUT2D eigenvalue weighted by molar-refractivity contribution is -0.136. The first kappa shape index (κ1) is 16.9. The summed E-state index contributed by atoms with van der Waals surface area (Å²) in [5.74, 6) is -0.357. The van der Waals surface area contributed by atoms with Gasteiger partial charge in [0.05, 0.1) is 31.9 Å². The monoisotopic (exact) mass is 310 g/mol. The van der Waals surface area contributed by atoms with Crippen LogP contribution >= 0.6 is 0 Å². The predicted molar refractivity (Wildman–Crippen MR) is 80.7 cm³/mol. The highest BCUT2D eigenvalue weighted by Crippen LogP contribution is 2.14. The van der Waals surface area contributed by atoms with Gasteiger partial charge in [0.15, 0.2) is 0 Å². The van der Waals surface area contributed by atoms with Crippen LogP contribution < -0.4 is 0 Å². The number of rotatable bonds is 6. The number of likely N-dealkylation sites (N-methyl/N-ethyl adjacent to an activating group) is 2. The summed E-state index contributed by atoms with van der Waals surface area (Å²) < 4.78 is 18.8. The molecule has 1 N–H and O–H groups in total. The minimum absolute atomic E-state index is 0.0871. The lowest BCUT2D eigenvalue weighted by Gasteiger charge is -2.30. The summed E-state index contributed by atoms with van der Waals surface area (Å²) in [6.07, 6.45) is -0.638. The van der Waals surface area contributed by atoms with Crippen LogP contribution in [0.5, 0.6) is 0 Å². The third kappa shape index (κ3) is 4.03. The number of aliphatic hydroxyl groups excluding tert-OH is 1. The molecule has 1 fully saturated rings. The second-order valence-electron chi connectivity index (χ2n) is 5.62. The van der Waals surface area contributed by atoms with Crippen molar-refractivity contribution in [2.24, 2.45) is 0 Å². The Morgan fingerprint density at radius 2 is 2.14 bits per heavy atom. The zero-order valence-electron chi connectivity index (χ0n) is 13.0. The number of ether oxygens (including phenoxy) is 1. The van der Waals surface area contributed by atoms with Gasteiger partial charge < -0.3 is 14.7 Å². The summed E-state index contributed by atoms with van der Waals surface area (Å²) in [6.45, 7) is 3.54. The number of hydrogen-bond donors (Lipinski definition) is 1. The predicted octanol–water partition coefficient (Wildman–Crippen LogP) is 0.866. The highest BCUT2D eigenvalue weighted by Gasteiger charge is 2.33. The van der Waals surface area contributed by atoms with Crippen molar-refractivity contribution in [3.8, 4) is 0 Å². The van der Waals surface area contributed by atoms with Gasteiger partial charge in [0.2, 0.25) is 5.91 Å². The maximum atomic E-state index is 13.6. The van der Waals surface area contributed by atoms with Crippen molar-refractivity contribution >= 4 is 5.91 Å². The summed E-state index contributed by atoms with van der Waals surface area (Å²) >= 11 is 0. The number of amides is 1.